The number of rotatable bonds is 5. The van der Waals surface area contributed by atoms with Crippen LogP contribution in [0.2, 0.25) is 5.02 Å². The van der Waals surface area contributed by atoms with Crippen molar-refractivity contribution < 1.29 is 24.1 Å². The molecule has 2 saturated heterocycles. The Morgan fingerprint density at radius 2 is 2.06 bits per heavy atom. The van der Waals surface area contributed by atoms with Gasteiger partial charge in [-0.15, -0.1) is 0 Å². The van der Waals surface area contributed by atoms with E-state index in [0.717, 1.165) is 0 Å². The quantitative estimate of drug-likeness (QED) is 0.497. The van der Waals surface area contributed by atoms with Gasteiger partial charge < -0.3 is 29.6 Å². The molecule has 1 aromatic carbocycles. The number of imidazole rings is 1. The fourth-order valence-electron chi connectivity index (χ4n) is 4.58. The maximum Gasteiger partial charge on any atom is 0.223 e. The van der Waals surface area contributed by atoms with Crippen LogP contribution in [0.3, 0.4) is 0 Å². The summed E-state index contributed by atoms with van der Waals surface area (Å²) in [5, 5.41) is 24.5. The zero-order chi connectivity index (χ0) is 24.4. The van der Waals surface area contributed by atoms with Crippen molar-refractivity contribution >= 4 is 28.6 Å². The summed E-state index contributed by atoms with van der Waals surface area (Å²) in [4.78, 5) is 13.2. The molecule has 0 aliphatic carbocycles. The molecule has 4 atom stereocenters. The van der Waals surface area contributed by atoms with E-state index in [1.165, 1.54) is 12.3 Å². The molecule has 3 N–H and O–H groups in total. The van der Waals surface area contributed by atoms with E-state index in [9.17, 15) is 10.2 Å². The molecule has 2 aromatic heterocycles. The normalized spacial score (nSPS) is 24.9. The lowest BCUT2D eigenvalue weighted by molar-refractivity contribution is -0.156. The highest BCUT2D eigenvalue weighted by Gasteiger charge is 2.43. The van der Waals surface area contributed by atoms with E-state index in [1.807, 2.05) is 18.4 Å². The van der Waals surface area contributed by atoms with Crippen molar-refractivity contribution in [1.82, 2.24) is 19.5 Å². The summed E-state index contributed by atoms with van der Waals surface area (Å²) in [6, 6.07) is 2.64. The summed E-state index contributed by atoms with van der Waals surface area (Å²) >= 11 is 6.42. The van der Waals surface area contributed by atoms with Crippen LogP contribution in [0.4, 0.5) is 10.3 Å². The highest BCUT2D eigenvalue weighted by Crippen LogP contribution is 2.35. The smallest absolute Gasteiger partial charge is 0.223 e. The number of aliphatic hydroxyl groups excluding tert-OH is 1. The second-order valence-electron chi connectivity index (χ2n) is 9.61. The van der Waals surface area contributed by atoms with Crippen LogP contribution in [0.15, 0.2) is 18.3 Å². The molecule has 0 amide bonds. The summed E-state index contributed by atoms with van der Waals surface area (Å²) in [5.74, 6) is 0.0741. The number of anilines is 1. The van der Waals surface area contributed by atoms with Crippen LogP contribution in [-0.2, 0) is 15.1 Å². The lowest BCUT2D eigenvalue weighted by Crippen LogP contribution is -2.48. The molecule has 5 rings (SSSR count). The second-order valence-corrected chi connectivity index (χ2v) is 10.0. The van der Waals surface area contributed by atoms with Crippen molar-refractivity contribution in [3.05, 3.63) is 35.0 Å². The molecule has 9 nitrogen and oxygen atoms in total. The standard InChI is InChI=1S/C23H27ClFN5O4/c1-10(2)30-16-6-11(5-14(25)18(16)28-21(30)23(3,4)32)17-13(24)8-26-22(29-17)27-15-7-12-9-33-20(34-12)19(15)31/h5-6,8,10,12,15,19-20,31-32H,7,9H2,1-4H3,(H,26,27,29)/t12-,15+,19-,20+/m0/s1. The second kappa shape index (κ2) is 8.39. The third-order valence-corrected chi connectivity index (χ3v) is 6.40. The fourth-order valence-corrected chi connectivity index (χ4v) is 4.78. The first-order chi connectivity index (χ1) is 16.0. The SMILES string of the molecule is CC(C)n1c(C(C)(C)O)nc2c(F)cc(-c3nc(N[C@@H]4C[C@H]5CO[C@H](O5)[C@H]4O)ncc3Cl)cc21. The number of benzene rings is 1. The van der Waals surface area contributed by atoms with Gasteiger partial charge in [-0.3, -0.25) is 0 Å². The molecule has 11 heteroatoms. The zero-order valence-electron chi connectivity index (χ0n) is 19.3. The number of halogens is 2. The van der Waals surface area contributed by atoms with Gasteiger partial charge in [0.05, 0.1) is 41.2 Å². The summed E-state index contributed by atoms with van der Waals surface area (Å²) in [6.07, 6.45) is 0.312. The van der Waals surface area contributed by atoms with Crippen molar-refractivity contribution in [2.24, 2.45) is 0 Å². The molecule has 0 spiro atoms. The predicted octanol–water partition coefficient (Wildman–Crippen LogP) is 3.38. The Hall–Kier alpha value is -2.37. The first kappa shape index (κ1) is 23.4. The van der Waals surface area contributed by atoms with Gasteiger partial charge in [0.1, 0.15) is 23.0 Å². The predicted molar refractivity (Wildman–Crippen MR) is 124 cm³/mol. The van der Waals surface area contributed by atoms with E-state index >= 15 is 4.39 Å². The van der Waals surface area contributed by atoms with Crippen molar-refractivity contribution in [2.45, 2.75) is 70.3 Å². The molecular formula is C23H27ClFN5O4. The molecule has 182 valence electrons. The molecule has 2 aliphatic rings. The van der Waals surface area contributed by atoms with Gasteiger partial charge in [0.25, 0.3) is 0 Å². The van der Waals surface area contributed by atoms with Crippen molar-refractivity contribution in [3.63, 3.8) is 0 Å². The topological polar surface area (TPSA) is 115 Å². The minimum Gasteiger partial charge on any atom is -0.386 e. The van der Waals surface area contributed by atoms with Crippen LogP contribution >= 0.6 is 11.6 Å². The van der Waals surface area contributed by atoms with Crippen LogP contribution in [0.1, 0.15) is 46.0 Å². The molecule has 2 bridgehead atoms. The van der Waals surface area contributed by atoms with Gasteiger partial charge in [0.15, 0.2) is 12.1 Å². The van der Waals surface area contributed by atoms with Gasteiger partial charge in [-0.1, -0.05) is 11.6 Å². The molecule has 3 aromatic rings. The highest BCUT2D eigenvalue weighted by atomic mass is 35.5. The van der Waals surface area contributed by atoms with Crippen LogP contribution in [-0.4, -0.2) is 60.9 Å². The number of aliphatic hydroxyl groups is 2. The molecule has 2 fully saturated rings. The Morgan fingerprint density at radius 1 is 1.29 bits per heavy atom. The average molecular weight is 492 g/mol. The van der Waals surface area contributed by atoms with Crippen molar-refractivity contribution in [3.8, 4) is 11.3 Å². The van der Waals surface area contributed by atoms with Gasteiger partial charge in [0.2, 0.25) is 5.95 Å². The summed E-state index contributed by atoms with van der Waals surface area (Å²) in [6.45, 7) is 7.55. The van der Waals surface area contributed by atoms with E-state index < -0.39 is 23.8 Å². The minimum absolute atomic E-state index is 0.0771. The van der Waals surface area contributed by atoms with Crippen LogP contribution in [0.5, 0.6) is 0 Å². The average Bonchev–Trinajstić information content (AvgIpc) is 3.35. The fraction of sp³-hybridized carbons (Fsp3) is 0.522. The highest BCUT2D eigenvalue weighted by molar-refractivity contribution is 6.33. The van der Waals surface area contributed by atoms with E-state index in [0.29, 0.717) is 35.6 Å². The molecule has 0 radical (unpaired) electrons. The van der Waals surface area contributed by atoms with Gasteiger partial charge in [0, 0.05) is 11.6 Å². The Labute approximate surface area is 200 Å². The van der Waals surface area contributed by atoms with Crippen molar-refractivity contribution in [1.29, 1.82) is 0 Å². The number of hydrogen-bond acceptors (Lipinski definition) is 8. The monoisotopic (exact) mass is 491 g/mol. The molecule has 2 aliphatic heterocycles. The minimum atomic E-state index is -1.26. The molecule has 4 heterocycles. The van der Waals surface area contributed by atoms with Gasteiger partial charge in [-0.2, -0.15) is 0 Å². The summed E-state index contributed by atoms with van der Waals surface area (Å²) < 4.78 is 28.0. The summed E-state index contributed by atoms with van der Waals surface area (Å²) in [7, 11) is 0. The van der Waals surface area contributed by atoms with Crippen LogP contribution < -0.4 is 5.32 Å². The van der Waals surface area contributed by atoms with E-state index in [4.69, 9.17) is 21.1 Å². The maximum atomic E-state index is 15.2. The number of aromatic nitrogens is 4. The number of nitrogens with zero attached hydrogens (tertiary/aromatic N) is 4. The van der Waals surface area contributed by atoms with E-state index in [1.54, 1.807) is 19.9 Å². The number of hydrogen-bond donors (Lipinski definition) is 3. The third-order valence-electron chi connectivity index (χ3n) is 6.13. The molecule has 34 heavy (non-hydrogen) atoms. The Bertz CT molecular complexity index is 1240. The number of ether oxygens (including phenoxy) is 2. The largest absolute Gasteiger partial charge is 0.386 e. The van der Waals surface area contributed by atoms with Gasteiger partial charge >= 0.3 is 0 Å². The first-order valence-electron chi connectivity index (χ1n) is 11.2. The molecular weight excluding hydrogens is 465 g/mol. The Morgan fingerprint density at radius 3 is 2.76 bits per heavy atom. The zero-order valence-corrected chi connectivity index (χ0v) is 20.0. The molecule has 0 saturated carbocycles. The van der Waals surface area contributed by atoms with Crippen molar-refractivity contribution in [2.75, 3.05) is 11.9 Å². The maximum absolute atomic E-state index is 15.2. The van der Waals surface area contributed by atoms with Gasteiger partial charge in [-0.05, 0) is 46.2 Å². The number of fused-ring (bicyclic) bond motifs is 3. The molecule has 0 unspecified atom stereocenters. The lowest BCUT2D eigenvalue weighted by atomic mass is 10.0. The lowest BCUT2D eigenvalue weighted by Gasteiger charge is -2.32. The Kier molecular flexibility index (Phi) is 5.77. The Balaban J connectivity index is 1.55. The van der Waals surface area contributed by atoms with E-state index in [2.05, 4.69) is 20.3 Å². The number of nitrogens with one attached hydrogen (secondary N) is 1. The summed E-state index contributed by atoms with van der Waals surface area (Å²) in [5.41, 5.74) is 0.217. The third kappa shape index (κ3) is 4.03. The van der Waals surface area contributed by atoms with E-state index in [-0.39, 0.29) is 34.7 Å². The van der Waals surface area contributed by atoms with Crippen LogP contribution in [0, 0.1) is 5.82 Å². The van der Waals surface area contributed by atoms with Gasteiger partial charge in [-0.25, -0.2) is 19.3 Å². The van der Waals surface area contributed by atoms with Crippen LogP contribution in [0.25, 0.3) is 22.3 Å². The first-order valence-corrected chi connectivity index (χ1v) is 11.6.